The van der Waals surface area contributed by atoms with E-state index in [4.69, 9.17) is 0 Å². The van der Waals surface area contributed by atoms with Crippen molar-refractivity contribution in [2.45, 2.75) is 24.8 Å². The fourth-order valence-corrected chi connectivity index (χ4v) is 9.19. The van der Waals surface area contributed by atoms with Crippen molar-refractivity contribution < 1.29 is 0 Å². The van der Waals surface area contributed by atoms with Crippen molar-refractivity contribution in [3.8, 4) is 27.9 Å². The van der Waals surface area contributed by atoms with E-state index in [1.54, 1.807) is 0 Å². The van der Waals surface area contributed by atoms with Gasteiger partial charge in [0.15, 0.2) is 0 Å². The summed E-state index contributed by atoms with van der Waals surface area (Å²) in [6.45, 7) is 0. The number of hydrogen-bond donors (Lipinski definition) is 0. The SMILES string of the molecule is C1=CCC(c2ccc(-c3ccc(-n4c5ccccc5c5cc(-c6ccc7c(c6)c6ccccc6n7C6C=C(c7ccccc7)C=CC6)ccc54)cc3)cc2)C=C1. The quantitative estimate of drug-likeness (QED) is 0.162. The molecule has 2 aliphatic rings. The molecule has 11 rings (SSSR count). The molecular formula is C54H40N2. The van der Waals surface area contributed by atoms with Crippen LogP contribution in [-0.2, 0) is 0 Å². The molecule has 56 heavy (non-hydrogen) atoms. The number of aromatic nitrogens is 2. The van der Waals surface area contributed by atoms with Crippen LogP contribution >= 0.6 is 0 Å². The van der Waals surface area contributed by atoms with Crippen molar-refractivity contribution in [2.75, 3.05) is 0 Å². The zero-order chi connectivity index (χ0) is 37.0. The Kier molecular flexibility index (Phi) is 7.81. The van der Waals surface area contributed by atoms with E-state index in [0.29, 0.717) is 5.92 Å². The van der Waals surface area contributed by atoms with E-state index in [1.807, 2.05) is 0 Å². The largest absolute Gasteiger partial charge is 0.333 e. The summed E-state index contributed by atoms with van der Waals surface area (Å²) in [5, 5.41) is 5.12. The van der Waals surface area contributed by atoms with Crippen LogP contribution in [0.15, 0.2) is 206 Å². The van der Waals surface area contributed by atoms with Crippen LogP contribution in [0.1, 0.15) is 35.9 Å². The predicted molar refractivity (Wildman–Crippen MR) is 238 cm³/mol. The zero-order valence-electron chi connectivity index (χ0n) is 31.1. The van der Waals surface area contributed by atoms with Crippen molar-refractivity contribution in [1.82, 2.24) is 9.13 Å². The molecule has 0 saturated carbocycles. The lowest BCUT2D eigenvalue weighted by Crippen LogP contribution is -2.08. The zero-order valence-corrected chi connectivity index (χ0v) is 31.1. The van der Waals surface area contributed by atoms with Crippen LogP contribution in [0.25, 0.3) is 77.1 Å². The van der Waals surface area contributed by atoms with Crippen LogP contribution in [0.4, 0.5) is 0 Å². The van der Waals surface area contributed by atoms with Gasteiger partial charge in [0.2, 0.25) is 0 Å². The van der Waals surface area contributed by atoms with E-state index in [0.717, 1.165) is 12.8 Å². The van der Waals surface area contributed by atoms with Crippen molar-refractivity contribution in [2.24, 2.45) is 0 Å². The van der Waals surface area contributed by atoms with E-state index in [9.17, 15) is 0 Å². The smallest absolute Gasteiger partial charge is 0.0566 e. The van der Waals surface area contributed by atoms with Crippen molar-refractivity contribution in [3.05, 3.63) is 217 Å². The third-order valence-corrected chi connectivity index (χ3v) is 12.0. The fourth-order valence-electron chi connectivity index (χ4n) is 9.19. The molecule has 0 amide bonds. The van der Waals surface area contributed by atoms with Gasteiger partial charge in [-0.15, -0.1) is 0 Å². The van der Waals surface area contributed by atoms with Gasteiger partial charge < -0.3 is 9.13 Å². The first-order valence-corrected chi connectivity index (χ1v) is 19.8. The molecule has 0 aliphatic heterocycles. The van der Waals surface area contributed by atoms with Crippen LogP contribution in [-0.4, -0.2) is 9.13 Å². The number of hydrogen-bond acceptors (Lipinski definition) is 0. The lowest BCUT2D eigenvalue weighted by Gasteiger charge is -2.21. The Hall–Kier alpha value is -6.90. The number of rotatable bonds is 6. The normalized spacial score (nSPS) is 16.7. The van der Waals surface area contributed by atoms with Gasteiger partial charge in [0.05, 0.1) is 17.1 Å². The van der Waals surface area contributed by atoms with E-state index < -0.39 is 0 Å². The minimum absolute atomic E-state index is 0.238. The summed E-state index contributed by atoms with van der Waals surface area (Å²) in [5.41, 5.74) is 15.0. The summed E-state index contributed by atoms with van der Waals surface area (Å²) < 4.78 is 4.96. The van der Waals surface area contributed by atoms with Crippen molar-refractivity contribution in [3.63, 3.8) is 0 Å². The first-order chi connectivity index (χ1) is 27.8. The molecule has 9 aromatic rings. The Morgan fingerprint density at radius 3 is 1.75 bits per heavy atom. The lowest BCUT2D eigenvalue weighted by atomic mass is 9.91. The molecule has 2 nitrogen and oxygen atoms in total. The molecule has 2 unspecified atom stereocenters. The maximum atomic E-state index is 2.55. The van der Waals surface area contributed by atoms with Crippen LogP contribution in [0.2, 0.25) is 0 Å². The molecule has 0 fully saturated rings. The molecule has 2 heteroatoms. The Balaban J connectivity index is 0.961. The Labute approximate surface area is 327 Å². The topological polar surface area (TPSA) is 9.86 Å². The molecule has 266 valence electrons. The molecule has 2 heterocycles. The van der Waals surface area contributed by atoms with Gasteiger partial charge >= 0.3 is 0 Å². The maximum absolute atomic E-state index is 2.55. The monoisotopic (exact) mass is 716 g/mol. The van der Waals surface area contributed by atoms with Crippen LogP contribution in [0.5, 0.6) is 0 Å². The summed E-state index contributed by atoms with van der Waals surface area (Å²) in [7, 11) is 0. The van der Waals surface area contributed by atoms with E-state index >= 15 is 0 Å². The minimum Gasteiger partial charge on any atom is -0.333 e. The average Bonchev–Trinajstić information content (AvgIpc) is 3.79. The van der Waals surface area contributed by atoms with Gasteiger partial charge in [0, 0.05) is 44.2 Å². The van der Waals surface area contributed by atoms with Gasteiger partial charge in [-0.2, -0.15) is 0 Å². The van der Waals surface area contributed by atoms with Gasteiger partial charge in [0.1, 0.15) is 0 Å². The first-order valence-electron chi connectivity index (χ1n) is 19.8. The number of nitrogens with zero attached hydrogens (tertiary/aromatic N) is 2. The Morgan fingerprint density at radius 2 is 1.02 bits per heavy atom. The van der Waals surface area contributed by atoms with Gasteiger partial charge in [-0.25, -0.2) is 0 Å². The fraction of sp³-hybridized carbons (Fsp3) is 0.0741. The summed E-state index contributed by atoms with van der Waals surface area (Å²) in [6.07, 6.45) is 17.9. The van der Waals surface area contributed by atoms with Crippen molar-refractivity contribution >= 4 is 49.2 Å². The third-order valence-electron chi connectivity index (χ3n) is 12.0. The predicted octanol–water partition coefficient (Wildman–Crippen LogP) is 14.4. The van der Waals surface area contributed by atoms with Gasteiger partial charge in [-0.1, -0.05) is 158 Å². The van der Waals surface area contributed by atoms with Gasteiger partial charge in [-0.3, -0.25) is 0 Å². The van der Waals surface area contributed by atoms with Crippen LogP contribution in [0, 0.1) is 0 Å². The number of allylic oxidation sites excluding steroid dienone is 8. The number of benzene rings is 7. The molecule has 7 aromatic carbocycles. The van der Waals surface area contributed by atoms with E-state index in [1.165, 1.54) is 88.3 Å². The van der Waals surface area contributed by atoms with Gasteiger partial charge in [-0.05, 0) is 100 Å². The molecule has 0 bridgehead atoms. The Bertz CT molecular complexity index is 3060. The summed E-state index contributed by atoms with van der Waals surface area (Å²) >= 11 is 0. The van der Waals surface area contributed by atoms with E-state index in [2.05, 4.69) is 215 Å². The molecule has 0 N–H and O–H groups in total. The molecular weight excluding hydrogens is 677 g/mol. The second-order valence-corrected chi connectivity index (χ2v) is 15.2. The minimum atomic E-state index is 0.238. The summed E-state index contributed by atoms with van der Waals surface area (Å²) in [6, 6.07) is 60.9. The molecule has 0 spiro atoms. The Morgan fingerprint density at radius 1 is 0.429 bits per heavy atom. The molecule has 2 aromatic heterocycles. The molecule has 0 saturated heterocycles. The molecule has 2 aliphatic carbocycles. The lowest BCUT2D eigenvalue weighted by molar-refractivity contribution is 0.650. The number of fused-ring (bicyclic) bond motifs is 6. The van der Waals surface area contributed by atoms with Crippen LogP contribution < -0.4 is 0 Å². The first kappa shape index (κ1) is 32.5. The molecule has 2 atom stereocenters. The highest BCUT2D eigenvalue weighted by molar-refractivity contribution is 6.12. The van der Waals surface area contributed by atoms with E-state index in [-0.39, 0.29) is 6.04 Å². The highest BCUT2D eigenvalue weighted by Gasteiger charge is 2.20. The third kappa shape index (κ3) is 5.48. The summed E-state index contributed by atoms with van der Waals surface area (Å²) in [5.74, 6) is 0.466. The number of para-hydroxylation sites is 2. The van der Waals surface area contributed by atoms with Crippen molar-refractivity contribution in [1.29, 1.82) is 0 Å². The van der Waals surface area contributed by atoms with Crippen LogP contribution in [0.3, 0.4) is 0 Å². The second-order valence-electron chi connectivity index (χ2n) is 15.2. The standard InChI is InChI=1S/C54H40N2/c1-3-12-37(13-4-1)39-22-24-40(25-23-39)41-26-30-45(31-27-41)55-51-20-9-7-18-47(51)49-35-43(28-32-53(49)55)44-29-33-54-50(36-44)48-19-8-10-21-52(48)56(54)46-17-11-16-42(34-46)38-14-5-2-6-15-38/h1-12,14-16,18-37,46H,13,17H2. The highest BCUT2D eigenvalue weighted by Crippen LogP contribution is 2.40. The van der Waals surface area contributed by atoms with Gasteiger partial charge in [0.25, 0.3) is 0 Å². The highest BCUT2D eigenvalue weighted by atomic mass is 15.0. The summed E-state index contributed by atoms with van der Waals surface area (Å²) in [4.78, 5) is 0. The molecule has 0 radical (unpaired) electrons. The maximum Gasteiger partial charge on any atom is 0.0566 e. The second kappa shape index (κ2) is 13.4. The average molecular weight is 717 g/mol.